The standard InChI is InChI=1S/C21H18Cl2N2O3S/c1-2-27-18-11-15(12-24-25-21(26)19-4-3-9-29-19)10-17(23)20(18)28-13-14-5-7-16(22)8-6-14/h3-12H,2,13H2,1H3,(H,25,26)/b24-12+. The van der Waals surface area contributed by atoms with E-state index in [9.17, 15) is 4.79 Å². The van der Waals surface area contributed by atoms with Gasteiger partial charge in [-0.3, -0.25) is 4.79 Å². The summed E-state index contributed by atoms with van der Waals surface area (Å²) in [6.07, 6.45) is 1.50. The van der Waals surface area contributed by atoms with Crippen molar-refractivity contribution in [2.24, 2.45) is 5.10 Å². The maximum Gasteiger partial charge on any atom is 0.281 e. The number of hydrogen-bond acceptors (Lipinski definition) is 5. The van der Waals surface area contributed by atoms with E-state index >= 15 is 0 Å². The number of carbonyl (C=O) groups is 1. The first-order chi connectivity index (χ1) is 14.1. The Labute approximate surface area is 182 Å². The summed E-state index contributed by atoms with van der Waals surface area (Å²) in [5, 5.41) is 6.86. The van der Waals surface area contributed by atoms with Crippen molar-refractivity contribution >= 4 is 46.7 Å². The summed E-state index contributed by atoms with van der Waals surface area (Å²) in [4.78, 5) is 12.5. The fourth-order valence-electron chi connectivity index (χ4n) is 2.43. The number of rotatable bonds is 8. The molecule has 0 saturated carbocycles. The van der Waals surface area contributed by atoms with Gasteiger partial charge in [0.05, 0.1) is 22.7 Å². The van der Waals surface area contributed by atoms with Crippen LogP contribution in [0.4, 0.5) is 0 Å². The SMILES string of the molecule is CCOc1cc(/C=N/NC(=O)c2cccs2)cc(Cl)c1OCc1ccc(Cl)cc1. The van der Waals surface area contributed by atoms with E-state index in [2.05, 4.69) is 10.5 Å². The summed E-state index contributed by atoms with van der Waals surface area (Å²) in [7, 11) is 0. The lowest BCUT2D eigenvalue weighted by Gasteiger charge is -2.14. The van der Waals surface area contributed by atoms with Crippen LogP contribution in [0.3, 0.4) is 0 Å². The number of hydrogen-bond donors (Lipinski definition) is 1. The largest absolute Gasteiger partial charge is 0.490 e. The molecule has 1 heterocycles. The van der Waals surface area contributed by atoms with Gasteiger partial charge in [0, 0.05) is 5.02 Å². The molecule has 0 aliphatic heterocycles. The van der Waals surface area contributed by atoms with Crippen LogP contribution in [0.5, 0.6) is 11.5 Å². The zero-order chi connectivity index (χ0) is 20.6. The molecule has 2 aromatic carbocycles. The molecule has 0 bridgehead atoms. The number of halogens is 2. The third kappa shape index (κ3) is 5.97. The van der Waals surface area contributed by atoms with Crippen molar-refractivity contribution in [1.82, 2.24) is 5.43 Å². The van der Waals surface area contributed by atoms with Crippen LogP contribution in [0.25, 0.3) is 0 Å². The van der Waals surface area contributed by atoms with Crippen LogP contribution in [0.15, 0.2) is 59.0 Å². The van der Waals surface area contributed by atoms with Crippen molar-refractivity contribution in [1.29, 1.82) is 0 Å². The number of hydrazone groups is 1. The molecule has 0 radical (unpaired) electrons. The smallest absolute Gasteiger partial charge is 0.281 e. The number of carbonyl (C=O) groups excluding carboxylic acids is 1. The predicted molar refractivity (Wildman–Crippen MR) is 118 cm³/mol. The van der Waals surface area contributed by atoms with E-state index in [1.54, 1.807) is 36.4 Å². The lowest BCUT2D eigenvalue weighted by atomic mass is 10.2. The van der Waals surface area contributed by atoms with Gasteiger partial charge in [0.15, 0.2) is 11.5 Å². The Kier molecular flexibility index (Phi) is 7.52. The zero-order valence-corrected chi connectivity index (χ0v) is 17.9. The van der Waals surface area contributed by atoms with Crippen molar-refractivity contribution in [3.05, 3.63) is 80.0 Å². The van der Waals surface area contributed by atoms with Crippen LogP contribution in [0, 0.1) is 0 Å². The fourth-order valence-corrected chi connectivity index (χ4v) is 3.44. The molecule has 1 amide bonds. The highest BCUT2D eigenvalue weighted by Crippen LogP contribution is 2.37. The van der Waals surface area contributed by atoms with Crippen LogP contribution in [-0.2, 0) is 6.61 Å². The number of benzene rings is 2. The van der Waals surface area contributed by atoms with Gasteiger partial charge < -0.3 is 9.47 Å². The van der Waals surface area contributed by atoms with Crippen molar-refractivity contribution in [2.75, 3.05) is 6.61 Å². The molecular weight excluding hydrogens is 431 g/mol. The molecule has 0 unspecified atom stereocenters. The molecule has 0 aliphatic rings. The highest BCUT2D eigenvalue weighted by atomic mass is 35.5. The second-order valence-electron chi connectivity index (χ2n) is 5.85. The van der Waals surface area contributed by atoms with E-state index in [4.69, 9.17) is 32.7 Å². The minimum absolute atomic E-state index is 0.268. The van der Waals surface area contributed by atoms with Crippen LogP contribution >= 0.6 is 34.5 Å². The number of amides is 1. The second kappa shape index (κ2) is 10.3. The summed E-state index contributed by atoms with van der Waals surface area (Å²) >= 11 is 13.7. The average molecular weight is 449 g/mol. The third-order valence-electron chi connectivity index (χ3n) is 3.75. The Morgan fingerprint density at radius 1 is 1.17 bits per heavy atom. The van der Waals surface area contributed by atoms with Gasteiger partial charge in [-0.1, -0.05) is 41.4 Å². The maximum atomic E-state index is 11.9. The molecule has 3 rings (SSSR count). The van der Waals surface area contributed by atoms with E-state index in [0.717, 1.165) is 5.56 Å². The number of ether oxygens (including phenoxy) is 2. The van der Waals surface area contributed by atoms with Crippen molar-refractivity contribution in [3.8, 4) is 11.5 Å². The highest BCUT2D eigenvalue weighted by Gasteiger charge is 2.13. The van der Waals surface area contributed by atoms with Gasteiger partial charge in [-0.05, 0) is 53.8 Å². The van der Waals surface area contributed by atoms with E-state index in [1.165, 1.54) is 17.6 Å². The van der Waals surface area contributed by atoms with Crippen molar-refractivity contribution in [2.45, 2.75) is 13.5 Å². The molecular formula is C21H18Cl2N2O3S. The Balaban J connectivity index is 1.72. The molecule has 5 nitrogen and oxygen atoms in total. The van der Waals surface area contributed by atoms with Crippen molar-refractivity contribution < 1.29 is 14.3 Å². The molecule has 1 aromatic heterocycles. The average Bonchev–Trinajstić information content (AvgIpc) is 3.24. The van der Waals surface area contributed by atoms with E-state index in [1.807, 2.05) is 24.4 Å². The molecule has 0 fully saturated rings. The summed E-state index contributed by atoms with van der Waals surface area (Å²) < 4.78 is 11.6. The lowest BCUT2D eigenvalue weighted by Crippen LogP contribution is -2.16. The first-order valence-corrected chi connectivity index (χ1v) is 10.4. The molecule has 0 saturated heterocycles. The molecule has 0 spiro atoms. The van der Waals surface area contributed by atoms with Crippen LogP contribution < -0.4 is 14.9 Å². The molecule has 150 valence electrons. The molecule has 1 N–H and O–H groups in total. The molecule has 0 aliphatic carbocycles. The van der Waals surface area contributed by atoms with Crippen LogP contribution in [0.2, 0.25) is 10.0 Å². The van der Waals surface area contributed by atoms with Gasteiger partial charge in [-0.2, -0.15) is 5.10 Å². The Morgan fingerprint density at radius 3 is 2.66 bits per heavy atom. The second-order valence-corrected chi connectivity index (χ2v) is 7.65. The third-order valence-corrected chi connectivity index (χ3v) is 5.15. The van der Waals surface area contributed by atoms with Gasteiger partial charge in [0.1, 0.15) is 6.61 Å². The summed E-state index contributed by atoms with van der Waals surface area (Å²) in [6.45, 7) is 2.64. The Bertz CT molecular complexity index is 990. The number of nitrogens with zero attached hydrogens (tertiary/aromatic N) is 1. The van der Waals surface area contributed by atoms with Gasteiger partial charge >= 0.3 is 0 Å². The fraction of sp³-hybridized carbons (Fsp3) is 0.143. The first-order valence-electron chi connectivity index (χ1n) is 8.77. The molecule has 8 heteroatoms. The highest BCUT2D eigenvalue weighted by molar-refractivity contribution is 7.12. The first kappa shape index (κ1) is 21.2. The van der Waals surface area contributed by atoms with Crippen LogP contribution in [0.1, 0.15) is 27.7 Å². The quantitative estimate of drug-likeness (QED) is 0.350. The number of nitrogens with one attached hydrogen (secondary N) is 1. The van der Waals surface area contributed by atoms with Gasteiger partial charge in [-0.25, -0.2) is 5.43 Å². The van der Waals surface area contributed by atoms with E-state index < -0.39 is 0 Å². The summed E-state index contributed by atoms with van der Waals surface area (Å²) in [5.41, 5.74) is 4.11. The predicted octanol–water partition coefficient (Wildman–Crippen LogP) is 5.80. The number of thiophene rings is 1. The van der Waals surface area contributed by atoms with Gasteiger partial charge in [0.2, 0.25) is 0 Å². The van der Waals surface area contributed by atoms with Gasteiger partial charge in [-0.15, -0.1) is 11.3 Å². The van der Waals surface area contributed by atoms with Crippen LogP contribution in [-0.4, -0.2) is 18.7 Å². The van der Waals surface area contributed by atoms with E-state index in [-0.39, 0.29) is 5.91 Å². The lowest BCUT2D eigenvalue weighted by molar-refractivity contribution is 0.0959. The molecule has 3 aromatic rings. The van der Waals surface area contributed by atoms with Gasteiger partial charge in [0.25, 0.3) is 5.91 Å². The Morgan fingerprint density at radius 2 is 1.97 bits per heavy atom. The normalized spacial score (nSPS) is 10.9. The van der Waals surface area contributed by atoms with Crippen molar-refractivity contribution in [3.63, 3.8) is 0 Å². The molecule has 29 heavy (non-hydrogen) atoms. The maximum absolute atomic E-state index is 11.9. The topological polar surface area (TPSA) is 59.9 Å². The monoisotopic (exact) mass is 448 g/mol. The van der Waals surface area contributed by atoms with E-state index in [0.29, 0.717) is 45.2 Å². The summed E-state index contributed by atoms with van der Waals surface area (Å²) in [5.74, 6) is 0.679. The molecule has 0 atom stereocenters. The summed E-state index contributed by atoms with van der Waals surface area (Å²) in [6, 6.07) is 14.4. The minimum atomic E-state index is -0.268. The Hall–Kier alpha value is -2.54. The minimum Gasteiger partial charge on any atom is -0.490 e. The zero-order valence-electron chi connectivity index (χ0n) is 15.5.